The Hall–Kier alpha value is -1.63. The molecule has 0 saturated heterocycles. The summed E-state index contributed by atoms with van der Waals surface area (Å²) in [5.74, 6) is 0.794. The maximum absolute atomic E-state index is 9.18. The van der Waals surface area contributed by atoms with Crippen LogP contribution in [0.3, 0.4) is 0 Å². The molecule has 0 aliphatic rings. The molecule has 0 fully saturated rings. The van der Waals surface area contributed by atoms with Crippen molar-refractivity contribution < 1.29 is 9.63 Å². The van der Waals surface area contributed by atoms with Crippen LogP contribution in [0.4, 0.5) is 0 Å². The summed E-state index contributed by atoms with van der Waals surface area (Å²) >= 11 is 3.34. The molecule has 0 amide bonds. The van der Waals surface area contributed by atoms with Gasteiger partial charge in [0.05, 0.1) is 0 Å². The fourth-order valence-corrected chi connectivity index (χ4v) is 6.44. The van der Waals surface area contributed by atoms with Crippen LogP contribution in [0.15, 0.2) is 84.9 Å². The molecule has 0 atom stereocenters. The zero-order valence-corrected chi connectivity index (χ0v) is 15.1. The Labute approximate surface area is 144 Å². The van der Waals surface area contributed by atoms with Gasteiger partial charge in [0.2, 0.25) is 0 Å². The number of hydrogen-bond acceptors (Lipinski definition) is 2. The first kappa shape index (κ1) is 16.2. The summed E-state index contributed by atoms with van der Waals surface area (Å²) in [6.45, 7) is 0.0379. The van der Waals surface area contributed by atoms with E-state index in [4.69, 9.17) is 4.52 Å². The molecule has 1 N–H and O–H groups in total. The van der Waals surface area contributed by atoms with Crippen molar-refractivity contribution in [3.8, 4) is 5.75 Å². The van der Waals surface area contributed by atoms with Crippen LogP contribution in [-0.2, 0) is 6.61 Å². The Morgan fingerprint density at radius 1 is 0.739 bits per heavy atom. The summed E-state index contributed by atoms with van der Waals surface area (Å²) in [6, 6.07) is 28.1. The Kier molecular flexibility index (Phi) is 5.15. The molecule has 23 heavy (non-hydrogen) atoms. The average Bonchev–Trinajstić information content (AvgIpc) is 2.64. The van der Waals surface area contributed by atoms with E-state index in [1.807, 2.05) is 60.7 Å². The minimum absolute atomic E-state index is 0.0379. The van der Waals surface area contributed by atoms with E-state index in [-0.39, 0.29) is 6.61 Å². The fourth-order valence-electron chi connectivity index (χ4n) is 2.31. The molecule has 3 rings (SSSR count). The fraction of sp³-hybridized carbons (Fsp3) is 0.0526. The third kappa shape index (κ3) is 3.65. The normalized spacial score (nSPS) is 11.2. The third-order valence-electron chi connectivity index (χ3n) is 3.53. The molecule has 0 unspecified atom stereocenters. The van der Waals surface area contributed by atoms with E-state index in [2.05, 4.69) is 39.4 Å². The van der Waals surface area contributed by atoms with Crippen molar-refractivity contribution >= 4 is 31.4 Å². The Morgan fingerprint density at radius 3 is 1.65 bits per heavy atom. The van der Waals surface area contributed by atoms with Crippen LogP contribution in [0.2, 0.25) is 0 Å². The first-order valence-electron chi connectivity index (χ1n) is 7.33. The van der Waals surface area contributed by atoms with Gasteiger partial charge in [0.25, 0.3) is 0 Å². The quantitative estimate of drug-likeness (QED) is 0.538. The predicted molar refractivity (Wildman–Crippen MR) is 97.8 cm³/mol. The molecule has 116 valence electrons. The molecular formula is C19H17O2PSe. The second-order valence-corrected chi connectivity index (χ2v) is 10.7. The first-order valence-corrected chi connectivity index (χ1v) is 11.3. The Balaban J connectivity index is 2.04. The zero-order chi connectivity index (χ0) is 16.1. The van der Waals surface area contributed by atoms with Gasteiger partial charge in [-0.1, -0.05) is 0 Å². The monoisotopic (exact) mass is 388 g/mol. The molecule has 3 aromatic carbocycles. The number of aliphatic hydroxyl groups is 1. The summed E-state index contributed by atoms with van der Waals surface area (Å²) in [5, 5.41) is 11.5. The summed E-state index contributed by atoms with van der Waals surface area (Å²) < 4.78 is 6.45. The molecule has 3 aromatic rings. The van der Waals surface area contributed by atoms with E-state index in [9.17, 15) is 5.11 Å². The molecule has 0 radical (unpaired) electrons. The molecule has 0 saturated carbocycles. The minimum atomic E-state index is -2.11. The molecule has 2 nitrogen and oxygen atoms in total. The van der Waals surface area contributed by atoms with Crippen molar-refractivity contribution in [1.82, 2.24) is 0 Å². The van der Waals surface area contributed by atoms with E-state index < -0.39 is 5.74 Å². The first-order chi connectivity index (χ1) is 11.2. The summed E-state index contributed by atoms with van der Waals surface area (Å²) in [6.07, 6.45) is 0. The van der Waals surface area contributed by atoms with Gasteiger partial charge in [-0.05, 0) is 0 Å². The van der Waals surface area contributed by atoms with Gasteiger partial charge in [-0.25, -0.2) is 0 Å². The SMILES string of the molecule is OCc1ccc(OP(=[Se])(c2ccccc2)c2ccccc2)cc1. The van der Waals surface area contributed by atoms with Crippen molar-refractivity contribution in [2.24, 2.45) is 0 Å². The van der Waals surface area contributed by atoms with Crippen LogP contribution in [-0.4, -0.2) is 20.2 Å². The third-order valence-corrected chi connectivity index (χ3v) is 9.08. The van der Waals surface area contributed by atoms with Crippen LogP contribution in [0, 0.1) is 0 Å². The van der Waals surface area contributed by atoms with Crippen molar-refractivity contribution in [3.63, 3.8) is 0 Å². The van der Waals surface area contributed by atoms with Crippen molar-refractivity contribution in [2.45, 2.75) is 6.61 Å². The molecule has 0 spiro atoms. The molecule has 0 aromatic heterocycles. The van der Waals surface area contributed by atoms with E-state index in [0.29, 0.717) is 0 Å². The second-order valence-electron chi connectivity index (χ2n) is 5.12. The number of benzene rings is 3. The molecule has 0 aliphatic heterocycles. The van der Waals surface area contributed by atoms with Crippen LogP contribution in [0.25, 0.3) is 0 Å². The van der Waals surface area contributed by atoms with Gasteiger partial charge in [-0.15, -0.1) is 0 Å². The summed E-state index contributed by atoms with van der Waals surface area (Å²) in [5.41, 5.74) is -1.23. The van der Waals surface area contributed by atoms with Gasteiger partial charge >= 0.3 is 144 Å². The van der Waals surface area contributed by atoms with Gasteiger partial charge in [0, 0.05) is 0 Å². The van der Waals surface area contributed by atoms with Gasteiger partial charge < -0.3 is 0 Å². The molecule has 0 bridgehead atoms. The van der Waals surface area contributed by atoms with Crippen LogP contribution >= 0.6 is 5.74 Å². The van der Waals surface area contributed by atoms with Gasteiger partial charge in [0.15, 0.2) is 0 Å². The maximum atomic E-state index is 9.18. The molecule has 4 heteroatoms. The van der Waals surface area contributed by atoms with Crippen LogP contribution in [0.5, 0.6) is 5.75 Å². The summed E-state index contributed by atoms with van der Waals surface area (Å²) in [7, 11) is 0. The number of aliphatic hydroxyl groups excluding tert-OH is 1. The Bertz CT molecular complexity index is 758. The molecule has 0 heterocycles. The van der Waals surface area contributed by atoms with Crippen molar-refractivity contribution in [3.05, 3.63) is 90.5 Å². The van der Waals surface area contributed by atoms with Crippen LogP contribution in [0.1, 0.15) is 5.56 Å². The van der Waals surface area contributed by atoms with Gasteiger partial charge in [-0.2, -0.15) is 0 Å². The Morgan fingerprint density at radius 2 is 1.22 bits per heavy atom. The van der Waals surface area contributed by atoms with Crippen LogP contribution < -0.4 is 15.1 Å². The zero-order valence-electron chi connectivity index (χ0n) is 12.5. The number of hydrogen-bond donors (Lipinski definition) is 1. The summed E-state index contributed by atoms with van der Waals surface area (Å²) in [4.78, 5) is 0. The standard InChI is InChI=1S/C19H17O2PSe/c20-15-16-11-13-17(14-12-16)21-22(23,18-7-3-1-4-8-18)19-9-5-2-6-10-19/h1-14,20H,15H2. The van der Waals surface area contributed by atoms with Crippen molar-refractivity contribution in [1.29, 1.82) is 0 Å². The molecule has 0 aliphatic carbocycles. The van der Waals surface area contributed by atoms with Crippen molar-refractivity contribution in [2.75, 3.05) is 0 Å². The average molecular weight is 387 g/mol. The number of rotatable bonds is 5. The van der Waals surface area contributed by atoms with Gasteiger partial charge in [-0.3, -0.25) is 0 Å². The van der Waals surface area contributed by atoms with E-state index in [1.165, 1.54) is 0 Å². The predicted octanol–water partition coefficient (Wildman–Crippen LogP) is 3.22. The molecular weight excluding hydrogens is 370 g/mol. The van der Waals surface area contributed by atoms with E-state index >= 15 is 0 Å². The van der Waals surface area contributed by atoms with Gasteiger partial charge in [0.1, 0.15) is 0 Å². The van der Waals surface area contributed by atoms with E-state index in [0.717, 1.165) is 21.9 Å². The van der Waals surface area contributed by atoms with E-state index in [1.54, 1.807) is 0 Å². The second kappa shape index (κ2) is 7.29. The topological polar surface area (TPSA) is 29.5 Å².